The average molecular weight is 283 g/mol. The molecule has 0 aliphatic carbocycles. The zero-order chi connectivity index (χ0) is 13.2. The van der Waals surface area contributed by atoms with Crippen molar-refractivity contribution < 1.29 is 8.42 Å². The van der Waals surface area contributed by atoms with E-state index >= 15 is 0 Å². The number of hydrogen-bond donors (Lipinski definition) is 1. The first-order chi connectivity index (χ1) is 8.47. The number of thiazole rings is 1. The van der Waals surface area contributed by atoms with Crippen LogP contribution in [0.2, 0.25) is 0 Å². The normalized spacial score (nSPS) is 13.2. The Morgan fingerprint density at radius 1 is 1.33 bits per heavy atom. The number of sulfone groups is 1. The molecule has 5 nitrogen and oxygen atoms in total. The maximum Gasteiger partial charge on any atom is 0.192 e. The molecule has 0 fully saturated rings. The van der Waals surface area contributed by atoms with Crippen molar-refractivity contribution in [2.45, 2.75) is 18.0 Å². The summed E-state index contributed by atoms with van der Waals surface area (Å²) < 4.78 is 22.5. The highest BCUT2D eigenvalue weighted by Crippen LogP contribution is 2.21. The number of rotatable bonds is 4. The monoisotopic (exact) mass is 283 g/mol. The molecule has 1 unspecified atom stereocenters. The SMILES string of the molecule is CC(Nc1ccc(S(C)(=O)=O)nc1)c1cncs1. The quantitative estimate of drug-likeness (QED) is 0.930. The Bertz CT molecular complexity index is 606. The number of anilines is 1. The largest absolute Gasteiger partial charge is 0.376 e. The number of aromatic nitrogens is 2. The minimum atomic E-state index is -3.24. The zero-order valence-corrected chi connectivity index (χ0v) is 11.6. The van der Waals surface area contributed by atoms with Gasteiger partial charge in [-0.15, -0.1) is 11.3 Å². The Hall–Kier alpha value is -1.47. The van der Waals surface area contributed by atoms with Crippen molar-refractivity contribution >= 4 is 26.9 Å². The van der Waals surface area contributed by atoms with Gasteiger partial charge < -0.3 is 5.32 Å². The van der Waals surface area contributed by atoms with Gasteiger partial charge in [-0.3, -0.25) is 4.98 Å². The molecule has 0 spiro atoms. The minimum Gasteiger partial charge on any atom is -0.376 e. The van der Waals surface area contributed by atoms with Gasteiger partial charge in [0.2, 0.25) is 0 Å². The van der Waals surface area contributed by atoms with Crippen molar-refractivity contribution in [2.24, 2.45) is 0 Å². The molecule has 0 amide bonds. The molecule has 2 aromatic rings. The average Bonchev–Trinajstić information content (AvgIpc) is 2.82. The molecule has 1 atom stereocenters. The maximum absolute atomic E-state index is 11.3. The molecule has 0 radical (unpaired) electrons. The topological polar surface area (TPSA) is 72.0 Å². The number of hydrogen-bond acceptors (Lipinski definition) is 6. The molecule has 2 aromatic heterocycles. The lowest BCUT2D eigenvalue weighted by Gasteiger charge is -2.12. The van der Waals surface area contributed by atoms with Crippen LogP contribution in [0.15, 0.2) is 35.1 Å². The lowest BCUT2D eigenvalue weighted by Crippen LogP contribution is -2.06. The van der Waals surface area contributed by atoms with Gasteiger partial charge in [-0.1, -0.05) is 0 Å². The van der Waals surface area contributed by atoms with Crippen molar-refractivity contribution in [3.05, 3.63) is 34.9 Å². The zero-order valence-electron chi connectivity index (χ0n) is 9.99. The Labute approximate surface area is 110 Å². The summed E-state index contributed by atoms with van der Waals surface area (Å²) in [6.45, 7) is 2.01. The molecule has 0 aliphatic heterocycles. The highest BCUT2D eigenvalue weighted by Gasteiger charge is 2.10. The van der Waals surface area contributed by atoms with Crippen molar-refractivity contribution in [2.75, 3.05) is 11.6 Å². The van der Waals surface area contributed by atoms with E-state index in [-0.39, 0.29) is 11.1 Å². The van der Waals surface area contributed by atoms with E-state index in [9.17, 15) is 8.42 Å². The van der Waals surface area contributed by atoms with Crippen LogP contribution < -0.4 is 5.32 Å². The summed E-state index contributed by atoms with van der Waals surface area (Å²) in [7, 11) is -3.24. The predicted molar refractivity (Wildman–Crippen MR) is 71.5 cm³/mol. The van der Waals surface area contributed by atoms with Gasteiger partial charge in [-0.25, -0.2) is 13.4 Å². The van der Waals surface area contributed by atoms with E-state index < -0.39 is 9.84 Å². The molecule has 2 rings (SSSR count). The van der Waals surface area contributed by atoms with Crippen molar-refractivity contribution in [1.29, 1.82) is 0 Å². The first-order valence-electron chi connectivity index (χ1n) is 5.28. The highest BCUT2D eigenvalue weighted by atomic mass is 32.2. The van der Waals surface area contributed by atoms with Crippen LogP contribution >= 0.6 is 11.3 Å². The third kappa shape index (κ3) is 3.05. The molecule has 2 heterocycles. The predicted octanol–water partition coefficient (Wildman–Crippen LogP) is 2.11. The summed E-state index contributed by atoms with van der Waals surface area (Å²) in [6, 6.07) is 3.32. The summed E-state index contributed by atoms with van der Waals surface area (Å²) in [5.41, 5.74) is 2.56. The van der Waals surface area contributed by atoms with E-state index in [1.165, 1.54) is 12.3 Å². The second-order valence-electron chi connectivity index (χ2n) is 3.93. The van der Waals surface area contributed by atoms with Crippen LogP contribution in [0.4, 0.5) is 5.69 Å². The standard InChI is InChI=1S/C11H13N3O2S2/c1-8(10-6-12-7-17-10)14-9-3-4-11(13-5-9)18(2,15)16/h3-8,14H,1-2H3. The van der Waals surface area contributed by atoms with E-state index in [1.807, 2.05) is 6.92 Å². The summed E-state index contributed by atoms with van der Waals surface area (Å²) in [4.78, 5) is 9.05. The fraction of sp³-hybridized carbons (Fsp3) is 0.273. The van der Waals surface area contributed by atoms with Crippen molar-refractivity contribution in [1.82, 2.24) is 9.97 Å². The van der Waals surface area contributed by atoms with Crippen LogP contribution in [0.25, 0.3) is 0 Å². The summed E-state index contributed by atoms with van der Waals surface area (Å²) in [5.74, 6) is 0. The first kappa shape index (κ1) is 13.0. The minimum absolute atomic E-state index is 0.0819. The van der Waals surface area contributed by atoms with Crippen molar-refractivity contribution in [3.63, 3.8) is 0 Å². The molecule has 0 saturated heterocycles. The van der Waals surface area contributed by atoms with Crippen LogP contribution in [0.5, 0.6) is 0 Å². The summed E-state index contributed by atoms with van der Waals surface area (Å²) in [6.07, 6.45) is 4.47. The Balaban J connectivity index is 2.12. The maximum atomic E-state index is 11.3. The van der Waals surface area contributed by atoms with E-state index in [0.29, 0.717) is 0 Å². The van der Waals surface area contributed by atoms with Gasteiger partial charge in [0.15, 0.2) is 14.9 Å². The van der Waals surface area contributed by atoms with Gasteiger partial charge in [-0.05, 0) is 19.1 Å². The van der Waals surface area contributed by atoms with E-state index in [2.05, 4.69) is 15.3 Å². The molecule has 96 valence electrons. The van der Waals surface area contributed by atoms with Gasteiger partial charge in [0.25, 0.3) is 0 Å². The lowest BCUT2D eigenvalue weighted by molar-refractivity contribution is 0.598. The Morgan fingerprint density at radius 2 is 2.11 bits per heavy atom. The molecule has 18 heavy (non-hydrogen) atoms. The fourth-order valence-electron chi connectivity index (χ4n) is 1.45. The summed E-state index contributed by atoms with van der Waals surface area (Å²) in [5, 5.41) is 3.32. The second-order valence-corrected chi connectivity index (χ2v) is 6.81. The summed E-state index contributed by atoms with van der Waals surface area (Å²) >= 11 is 1.57. The molecule has 0 aromatic carbocycles. The Kier molecular flexibility index (Phi) is 3.63. The molecule has 0 bridgehead atoms. The van der Waals surface area contributed by atoms with Crippen LogP contribution in [0.1, 0.15) is 17.8 Å². The smallest absolute Gasteiger partial charge is 0.192 e. The molecule has 0 saturated carbocycles. The van der Waals surface area contributed by atoms with Crippen LogP contribution in [0.3, 0.4) is 0 Å². The van der Waals surface area contributed by atoms with E-state index in [4.69, 9.17) is 0 Å². The van der Waals surface area contributed by atoms with Gasteiger partial charge in [0.1, 0.15) is 0 Å². The van der Waals surface area contributed by atoms with Gasteiger partial charge >= 0.3 is 0 Å². The highest BCUT2D eigenvalue weighted by molar-refractivity contribution is 7.90. The number of nitrogens with zero attached hydrogens (tertiary/aromatic N) is 2. The van der Waals surface area contributed by atoms with Crippen LogP contribution in [0, 0.1) is 0 Å². The molecular weight excluding hydrogens is 270 g/mol. The number of pyridine rings is 1. The fourth-order valence-corrected chi connectivity index (χ4v) is 2.63. The second kappa shape index (κ2) is 5.03. The van der Waals surface area contributed by atoms with Gasteiger partial charge in [0, 0.05) is 17.3 Å². The van der Waals surface area contributed by atoms with Crippen LogP contribution in [-0.2, 0) is 9.84 Å². The molecule has 1 N–H and O–H groups in total. The molecule has 7 heteroatoms. The first-order valence-corrected chi connectivity index (χ1v) is 8.05. The third-order valence-corrected chi connectivity index (χ3v) is 4.34. The van der Waals surface area contributed by atoms with E-state index in [0.717, 1.165) is 16.8 Å². The lowest BCUT2D eigenvalue weighted by atomic mass is 10.3. The van der Waals surface area contributed by atoms with Gasteiger partial charge in [-0.2, -0.15) is 0 Å². The molecule has 0 aliphatic rings. The number of nitrogens with one attached hydrogen (secondary N) is 1. The molecular formula is C11H13N3O2S2. The Morgan fingerprint density at radius 3 is 2.61 bits per heavy atom. The van der Waals surface area contributed by atoms with Crippen molar-refractivity contribution in [3.8, 4) is 0 Å². The van der Waals surface area contributed by atoms with Gasteiger partial charge in [0.05, 0.1) is 23.4 Å². The third-order valence-electron chi connectivity index (χ3n) is 2.38. The van der Waals surface area contributed by atoms with Crippen LogP contribution in [-0.4, -0.2) is 24.6 Å². The van der Waals surface area contributed by atoms with E-state index in [1.54, 1.807) is 29.1 Å².